The summed E-state index contributed by atoms with van der Waals surface area (Å²) in [5.41, 5.74) is -4.21. The third kappa shape index (κ3) is 14.2. The van der Waals surface area contributed by atoms with Crippen LogP contribution in [0.2, 0.25) is 0 Å². The van der Waals surface area contributed by atoms with Crippen LogP contribution in [0.5, 0.6) is 0 Å². The Kier molecular flexibility index (Phi) is 21.0. The van der Waals surface area contributed by atoms with Crippen LogP contribution in [0, 0.1) is 28.6 Å². The molecule has 19 atom stereocenters. The number of pyridine rings is 1. The number of carbonyl (C=O) groups is 3. The Hall–Kier alpha value is -4.21. The predicted molar refractivity (Wildman–Crippen MR) is 289 cm³/mol. The van der Waals surface area contributed by atoms with E-state index in [1.165, 1.54) is 20.2 Å². The van der Waals surface area contributed by atoms with Crippen LogP contribution in [0.3, 0.4) is 0 Å². The van der Waals surface area contributed by atoms with Crippen molar-refractivity contribution < 1.29 is 80.2 Å². The van der Waals surface area contributed by atoms with Crippen LogP contribution in [-0.2, 0) is 70.0 Å². The van der Waals surface area contributed by atoms with Crippen LogP contribution in [0.4, 0.5) is 4.79 Å². The van der Waals surface area contributed by atoms with Crippen molar-refractivity contribution in [3.63, 3.8) is 0 Å². The largest absolute Gasteiger partial charge is 0.509 e. The number of benzene rings is 1. The number of carboxylic acids is 1. The minimum atomic E-state index is -4.22. The van der Waals surface area contributed by atoms with Crippen LogP contribution in [-0.4, -0.2) is 182 Å². The van der Waals surface area contributed by atoms with Crippen LogP contribution >= 0.6 is 0 Å². The molecule has 79 heavy (non-hydrogen) atoms. The molecule has 0 spiro atoms. The molecule has 1 aromatic carbocycles. The highest BCUT2D eigenvalue weighted by molar-refractivity contribution is 7.86. The fourth-order valence-electron chi connectivity index (χ4n) is 12.5. The number of aryl methyl sites for hydroxylation is 2. The Morgan fingerprint density at radius 2 is 1.66 bits per heavy atom. The average molecular weight is 1140 g/mol. The van der Waals surface area contributed by atoms with Crippen molar-refractivity contribution >= 4 is 39.1 Å². The molecule has 446 valence electrons. The van der Waals surface area contributed by atoms with Gasteiger partial charge < -0.3 is 68.0 Å². The Labute approximate surface area is 463 Å². The van der Waals surface area contributed by atoms with Crippen LogP contribution in [0.1, 0.15) is 124 Å². The van der Waals surface area contributed by atoms with E-state index in [-0.39, 0.29) is 37.5 Å². The highest BCUT2D eigenvalue weighted by Gasteiger charge is 2.60. The zero-order valence-electron chi connectivity index (χ0n) is 48.2. The number of aromatic nitrogens is 1. The average Bonchev–Trinajstić information content (AvgIpc) is 3.87. The molecule has 1 unspecified atom stereocenters. The van der Waals surface area contributed by atoms with Crippen molar-refractivity contribution in [2.45, 2.75) is 212 Å². The smallest absolute Gasteiger partial charge is 0.477 e. The van der Waals surface area contributed by atoms with Gasteiger partial charge in [0.05, 0.1) is 52.8 Å². The van der Waals surface area contributed by atoms with Crippen molar-refractivity contribution in [2.24, 2.45) is 28.8 Å². The van der Waals surface area contributed by atoms with E-state index in [9.17, 15) is 47.8 Å². The zero-order valence-corrected chi connectivity index (χ0v) is 49.1. The van der Waals surface area contributed by atoms with Gasteiger partial charge in [-0.15, -0.1) is 0 Å². The number of aliphatic hydroxyl groups is 2. The number of rotatable bonds is 19. The fourth-order valence-corrected chi connectivity index (χ4v) is 13.7. The second-order valence-electron chi connectivity index (χ2n) is 23.2. The number of ether oxygens (including phenoxy) is 8. The van der Waals surface area contributed by atoms with E-state index in [1.54, 1.807) is 72.1 Å². The number of aromatic carboxylic acids is 1. The maximum Gasteiger partial charge on any atom is 0.509 e. The summed E-state index contributed by atoms with van der Waals surface area (Å²) >= 11 is 0. The molecule has 4 saturated heterocycles. The first-order chi connectivity index (χ1) is 37.0. The number of likely N-dealkylation sites (N-methyl/N-ethyl adjacent to an activating group) is 1. The quantitative estimate of drug-likeness (QED) is 0.0612. The first-order valence-electron chi connectivity index (χ1n) is 27.6. The van der Waals surface area contributed by atoms with Gasteiger partial charge in [0.15, 0.2) is 24.3 Å². The Balaban J connectivity index is 1.22. The normalized spacial score (nSPS) is 37.9. The number of carbonyl (C=O) groups excluding carboxylic acids is 2. The predicted octanol–water partition coefficient (Wildman–Crippen LogP) is 5.14. The molecule has 0 amide bonds. The Morgan fingerprint density at radius 3 is 2.28 bits per heavy atom. The number of cyclic esters (lactones) is 1. The molecular formula is C55H86N4O19S. The van der Waals surface area contributed by atoms with E-state index in [4.69, 9.17) is 42.1 Å². The number of hydrogen-bond donors (Lipinski definition) is 4. The number of nitrogens with one attached hydrogen (secondary N) is 1. The van der Waals surface area contributed by atoms with Crippen molar-refractivity contribution in [1.29, 1.82) is 0 Å². The van der Waals surface area contributed by atoms with Crippen molar-refractivity contribution in [3.05, 3.63) is 50.7 Å². The lowest BCUT2D eigenvalue weighted by Gasteiger charge is -2.49. The summed E-state index contributed by atoms with van der Waals surface area (Å²) in [7, 11) is 0.836. The zero-order chi connectivity index (χ0) is 58.7. The van der Waals surface area contributed by atoms with Gasteiger partial charge in [-0.05, 0) is 125 Å². The number of fused-ring (bicyclic) bond motifs is 2. The molecule has 5 heterocycles. The SMILES string of the molecule is CC[C@H]1OC(=O)[C@H](C)[C@@H](O[C@H]2C[C@@](C)(OC)[C@@H](OS(=O)(=O)CCNCCCc3ccc4c(c3)c(=O)c(C(=O)O)cn4CC)[C@H](C)O2)[C@H](C)[C@@H](O[C@@H]2O[C@H](C)C[C@H](N(C)C)[C@H]2O)[C@](C)(O)C[C@@H](C)C(N=O)[C@H](C)[C@H]2OC(=O)O[C@@]21C. The molecule has 0 bridgehead atoms. The Bertz CT molecular complexity index is 2640. The van der Waals surface area contributed by atoms with Gasteiger partial charge in [-0.3, -0.25) is 13.8 Å². The minimum Gasteiger partial charge on any atom is -0.477 e. The molecule has 4 fully saturated rings. The first-order valence-corrected chi connectivity index (χ1v) is 29.2. The van der Waals surface area contributed by atoms with Gasteiger partial charge >= 0.3 is 18.1 Å². The summed E-state index contributed by atoms with van der Waals surface area (Å²) < 4.78 is 85.1. The molecule has 6 rings (SSSR count). The van der Waals surface area contributed by atoms with Gasteiger partial charge in [0, 0.05) is 56.1 Å². The molecule has 4 aliphatic rings. The number of hydrogen-bond acceptors (Lipinski definition) is 21. The standard InChI is InChI=1S/C55H86N4O19S/c1-15-40-55(11)47(76-52(65)77-55)31(5)42(57-67)29(3)26-53(9,66)46(75-51-44(61)39(58(12)13)24-30(4)71-51)32(6)45(33(7)50(64)73-40)74-41-27-54(10,70-14)48(34(8)72-41)78-79(68,69)23-22-56-21-17-18-35-19-20-38-36(25-35)43(60)37(49(62)63)28-59(38)16-2/h19-20,25,28-34,39-42,44-48,51,56,61,66H,15-18,21-24,26-27H2,1-14H3,(H,62,63)/t29-,30-,31+,32+,33-,34+,39+,40-,41+,42?,44-,45+,46-,47-,48+,51+,53-,54-,55-/m1/s1. The van der Waals surface area contributed by atoms with Crippen molar-refractivity contribution in [3.8, 4) is 0 Å². The van der Waals surface area contributed by atoms with E-state index in [0.29, 0.717) is 43.3 Å². The van der Waals surface area contributed by atoms with E-state index in [0.717, 1.165) is 5.56 Å². The molecule has 2 aromatic rings. The van der Waals surface area contributed by atoms with Gasteiger partial charge in [0.25, 0.3) is 10.1 Å². The van der Waals surface area contributed by atoms with Crippen LogP contribution < -0.4 is 10.7 Å². The van der Waals surface area contributed by atoms with Gasteiger partial charge in [-0.25, -0.2) is 9.59 Å². The number of carboxylic acid groups (broad SMARTS) is 1. The molecule has 0 saturated carbocycles. The minimum absolute atomic E-state index is 0.0388. The third-order valence-corrected chi connectivity index (χ3v) is 18.1. The van der Waals surface area contributed by atoms with E-state index < -0.39 is 147 Å². The molecule has 0 radical (unpaired) electrons. The van der Waals surface area contributed by atoms with E-state index in [1.807, 2.05) is 38.9 Å². The summed E-state index contributed by atoms with van der Waals surface area (Å²) in [6, 6.07) is 3.92. The Morgan fingerprint density at radius 1 is 0.962 bits per heavy atom. The topological polar surface area (TPSA) is 296 Å². The monoisotopic (exact) mass is 1140 g/mol. The second kappa shape index (κ2) is 25.9. The number of esters is 1. The third-order valence-electron chi connectivity index (χ3n) is 16.9. The maximum absolute atomic E-state index is 14.7. The molecule has 4 aliphatic heterocycles. The second-order valence-corrected chi connectivity index (χ2v) is 24.9. The molecule has 1 aromatic heterocycles. The summed E-state index contributed by atoms with van der Waals surface area (Å²) in [6.07, 6.45) is -9.06. The van der Waals surface area contributed by atoms with E-state index >= 15 is 0 Å². The lowest BCUT2D eigenvalue weighted by Crippen LogP contribution is -2.61. The van der Waals surface area contributed by atoms with Crippen LogP contribution in [0.15, 0.2) is 34.4 Å². The summed E-state index contributed by atoms with van der Waals surface area (Å²) in [6.45, 7) is 19.5. The van der Waals surface area contributed by atoms with Crippen molar-refractivity contribution in [2.75, 3.05) is 40.0 Å². The van der Waals surface area contributed by atoms with Crippen LogP contribution in [0.25, 0.3) is 10.9 Å². The number of nitroso groups, excluding NO2 is 1. The molecule has 4 N–H and O–H groups in total. The van der Waals surface area contributed by atoms with Gasteiger partial charge in [-0.1, -0.05) is 38.9 Å². The fraction of sp³-hybridized carbons (Fsp3) is 0.782. The summed E-state index contributed by atoms with van der Waals surface area (Å²) in [4.78, 5) is 67.2. The van der Waals surface area contributed by atoms with Gasteiger partial charge in [0.1, 0.15) is 29.9 Å². The molecule has 23 nitrogen and oxygen atoms in total. The molecule has 0 aliphatic carbocycles. The highest BCUT2D eigenvalue weighted by atomic mass is 32.2. The van der Waals surface area contributed by atoms with Crippen molar-refractivity contribution in [1.82, 2.24) is 14.8 Å². The van der Waals surface area contributed by atoms with Gasteiger partial charge in [0.2, 0.25) is 5.43 Å². The summed E-state index contributed by atoms with van der Waals surface area (Å²) in [5.74, 6) is -6.09. The maximum atomic E-state index is 14.7. The number of nitrogens with zero attached hydrogens (tertiary/aromatic N) is 3. The number of methoxy groups -OCH3 is 1. The number of aliphatic hydroxyl groups excluding tert-OH is 1. The highest BCUT2D eigenvalue weighted by Crippen LogP contribution is 2.45. The molecule has 24 heteroatoms. The summed E-state index contributed by atoms with van der Waals surface area (Å²) in [5, 5.41) is 41.2. The lowest BCUT2D eigenvalue weighted by atomic mass is 9.72. The van der Waals surface area contributed by atoms with Gasteiger partial charge in [-0.2, -0.15) is 13.3 Å². The van der Waals surface area contributed by atoms with E-state index in [2.05, 4.69) is 10.5 Å². The molecular weight excluding hydrogens is 1050 g/mol. The first kappa shape index (κ1) is 64.0. The lowest BCUT2D eigenvalue weighted by molar-refractivity contribution is -0.316.